The van der Waals surface area contributed by atoms with Crippen molar-refractivity contribution in [3.8, 4) is 5.75 Å². The Kier molecular flexibility index (Phi) is 8.19. The zero-order valence-electron chi connectivity index (χ0n) is 16.1. The first kappa shape index (κ1) is 21.6. The summed E-state index contributed by atoms with van der Waals surface area (Å²) in [7, 11) is 2.77. The monoisotopic (exact) mass is 395 g/mol. The third-order valence-electron chi connectivity index (χ3n) is 4.56. The van der Waals surface area contributed by atoms with E-state index >= 15 is 0 Å². The second-order valence-corrected chi connectivity index (χ2v) is 6.47. The highest BCUT2D eigenvalue weighted by Gasteiger charge is 2.32. The topological polar surface area (TPSA) is 97.0 Å². The Morgan fingerprint density at radius 2 is 2.14 bits per heavy atom. The Bertz CT molecular complexity index is 713. The minimum absolute atomic E-state index is 0.0398. The maximum atomic E-state index is 14.3. The third kappa shape index (κ3) is 6.19. The Morgan fingerprint density at radius 3 is 2.82 bits per heavy atom. The number of hydrogen-bond acceptors (Lipinski definition) is 6. The molecular formula is C19H26FN3O5. The lowest BCUT2D eigenvalue weighted by Crippen LogP contribution is -2.56. The third-order valence-corrected chi connectivity index (χ3v) is 4.56. The Morgan fingerprint density at radius 1 is 1.36 bits per heavy atom. The average Bonchev–Trinajstić information content (AvgIpc) is 2.69. The molecule has 1 aromatic rings. The number of piperazine rings is 1. The van der Waals surface area contributed by atoms with Crippen molar-refractivity contribution in [1.29, 1.82) is 0 Å². The molecule has 1 aliphatic heterocycles. The van der Waals surface area contributed by atoms with Crippen molar-refractivity contribution in [3.63, 3.8) is 0 Å². The first-order valence-electron chi connectivity index (χ1n) is 9.12. The van der Waals surface area contributed by atoms with Gasteiger partial charge >= 0.3 is 5.97 Å². The minimum atomic E-state index is -0.684. The summed E-state index contributed by atoms with van der Waals surface area (Å²) in [4.78, 5) is 37.3. The molecule has 2 N–H and O–H groups in total. The summed E-state index contributed by atoms with van der Waals surface area (Å²) < 4.78 is 23.8. The van der Waals surface area contributed by atoms with Crippen molar-refractivity contribution in [3.05, 3.63) is 29.6 Å². The number of esters is 1. The van der Waals surface area contributed by atoms with Crippen LogP contribution in [0.15, 0.2) is 18.2 Å². The fourth-order valence-electron chi connectivity index (χ4n) is 2.99. The summed E-state index contributed by atoms with van der Waals surface area (Å²) in [5.41, 5.74) is 0.430. The van der Waals surface area contributed by atoms with Crippen LogP contribution < -0.4 is 15.4 Å². The van der Waals surface area contributed by atoms with E-state index in [0.717, 1.165) is 0 Å². The number of methoxy groups -OCH3 is 2. The number of carbonyl (C=O) groups excluding carboxylic acids is 3. The number of ether oxygens (including phenoxy) is 2. The highest BCUT2D eigenvalue weighted by Crippen LogP contribution is 2.20. The van der Waals surface area contributed by atoms with Crippen molar-refractivity contribution in [1.82, 2.24) is 15.5 Å². The van der Waals surface area contributed by atoms with Gasteiger partial charge in [-0.3, -0.25) is 19.3 Å². The molecule has 1 aliphatic rings. The van der Waals surface area contributed by atoms with Crippen LogP contribution in [0.1, 0.15) is 24.8 Å². The van der Waals surface area contributed by atoms with Gasteiger partial charge in [0, 0.05) is 44.2 Å². The minimum Gasteiger partial charge on any atom is -0.497 e. The van der Waals surface area contributed by atoms with Crippen molar-refractivity contribution in [2.24, 2.45) is 0 Å². The van der Waals surface area contributed by atoms with Crippen molar-refractivity contribution >= 4 is 17.8 Å². The van der Waals surface area contributed by atoms with E-state index in [9.17, 15) is 18.8 Å². The van der Waals surface area contributed by atoms with Gasteiger partial charge in [-0.1, -0.05) is 6.07 Å². The van der Waals surface area contributed by atoms with Crippen LogP contribution in [0, 0.1) is 5.82 Å². The molecule has 0 unspecified atom stereocenters. The van der Waals surface area contributed by atoms with Gasteiger partial charge in [0.25, 0.3) is 0 Å². The second-order valence-electron chi connectivity index (χ2n) is 6.47. The fourth-order valence-corrected chi connectivity index (χ4v) is 2.99. The van der Waals surface area contributed by atoms with Gasteiger partial charge in [-0.15, -0.1) is 0 Å². The molecule has 9 heteroatoms. The van der Waals surface area contributed by atoms with Gasteiger partial charge in [-0.25, -0.2) is 4.39 Å². The number of nitrogens with one attached hydrogen (secondary N) is 2. The molecule has 2 rings (SSSR count). The molecule has 1 atom stereocenters. The summed E-state index contributed by atoms with van der Waals surface area (Å²) in [5.74, 6) is -0.900. The van der Waals surface area contributed by atoms with Crippen LogP contribution in [0.25, 0.3) is 0 Å². The maximum absolute atomic E-state index is 14.3. The summed E-state index contributed by atoms with van der Waals surface area (Å²) >= 11 is 0. The van der Waals surface area contributed by atoms with E-state index in [-0.39, 0.29) is 37.2 Å². The first-order valence-corrected chi connectivity index (χ1v) is 9.12. The highest BCUT2D eigenvalue weighted by molar-refractivity contribution is 5.88. The molecule has 0 saturated carbocycles. The van der Waals surface area contributed by atoms with Gasteiger partial charge in [0.1, 0.15) is 11.6 Å². The van der Waals surface area contributed by atoms with Gasteiger partial charge in [0.05, 0.1) is 26.7 Å². The second kappa shape index (κ2) is 10.6. The van der Waals surface area contributed by atoms with Crippen LogP contribution in [-0.4, -0.2) is 62.6 Å². The number of benzene rings is 1. The molecule has 1 fully saturated rings. The van der Waals surface area contributed by atoms with Gasteiger partial charge in [-0.05, 0) is 12.5 Å². The van der Waals surface area contributed by atoms with Crippen LogP contribution in [0.4, 0.5) is 4.39 Å². The van der Waals surface area contributed by atoms with Gasteiger partial charge in [0.2, 0.25) is 11.8 Å². The lowest BCUT2D eigenvalue weighted by atomic mass is 10.1. The molecule has 0 radical (unpaired) electrons. The zero-order chi connectivity index (χ0) is 20.5. The van der Waals surface area contributed by atoms with Crippen LogP contribution in [0.3, 0.4) is 0 Å². The molecule has 8 nitrogen and oxygen atoms in total. The molecule has 0 aromatic heterocycles. The predicted octanol–water partition coefficient (Wildman–Crippen LogP) is 0.594. The number of halogens is 1. The molecule has 28 heavy (non-hydrogen) atoms. The van der Waals surface area contributed by atoms with Crippen LogP contribution >= 0.6 is 0 Å². The van der Waals surface area contributed by atoms with Crippen molar-refractivity contribution in [2.45, 2.75) is 31.8 Å². The van der Waals surface area contributed by atoms with Gasteiger partial charge < -0.3 is 20.1 Å². The molecule has 1 saturated heterocycles. The quantitative estimate of drug-likeness (QED) is 0.469. The summed E-state index contributed by atoms with van der Waals surface area (Å²) in [6, 6.07) is 3.88. The van der Waals surface area contributed by atoms with Crippen molar-refractivity contribution < 1.29 is 28.2 Å². The number of nitrogens with zero attached hydrogens (tertiary/aromatic N) is 1. The average molecular weight is 395 g/mol. The molecule has 2 amide bonds. The van der Waals surface area contributed by atoms with Crippen molar-refractivity contribution in [2.75, 3.05) is 33.9 Å². The Balaban J connectivity index is 1.93. The first-order chi connectivity index (χ1) is 13.4. The number of carbonyl (C=O) groups is 3. The predicted molar refractivity (Wildman–Crippen MR) is 99.0 cm³/mol. The molecular weight excluding hydrogens is 369 g/mol. The molecule has 1 heterocycles. The van der Waals surface area contributed by atoms with E-state index in [2.05, 4.69) is 15.4 Å². The van der Waals surface area contributed by atoms with E-state index in [0.29, 0.717) is 37.4 Å². The smallest absolute Gasteiger partial charge is 0.305 e. The Labute approximate surface area is 163 Å². The van der Waals surface area contributed by atoms with E-state index < -0.39 is 11.9 Å². The summed E-state index contributed by atoms with van der Waals surface area (Å²) in [5, 5.41) is 5.44. The molecule has 0 bridgehead atoms. The molecule has 1 aromatic carbocycles. The largest absolute Gasteiger partial charge is 0.497 e. The molecule has 0 spiro atoms. The highest BCUT2D eigenvalue weighted by atomic mass is 19.1. The number of rotatable bonds is 9. The normalized spacial score (nSPS) is 17.0. The molecule has 0 aliphatic carbocycles. The lowest BCUT2D eigenvalue weighted by molar-refractivity contribution is -0.140. The van der Waals surface area contributed by atoms with E-state index in [1.807, 2.05) is 0 Å². The maximum Gasteiger partial charge on any atom is 0.305 e. The summed E-state index contributed by atoms with van der Waals surface area (Å²) in [6.45, 7) is 1.48. The SMILES string of the molecule is COC(=O)CCCNC(=O)C[C@@H]1C(=O)NCCN1Cc1ccc(OC)cc1F. The Hall–Kier alpha value is -2.68. The van der Waals surface area contributed by atoms with E-state index in [1.165, 1.54) is 20.3 Å². The molecule has 154 valence electrons. The van der Waals surface area contributed by atoms with Crippen LogP contribution in [0.5, 0.6) is 5.75 Å². The zero-order valence-corrected chi connectivity index (χ0v) is 16.1. The van der Waals surface area contributed by atoms with E-state index in [4.69, 9.17) is 4.74 Å². The standard InChI is InChI=1S/C19H26FN3O5/c1-27-14-6-5-13(15(20)10-14)12-23-9-8-22-19(26)16(23)11-17(24)21-7-3-4-18(25)28-2/h5-6,10,16H,3-4,7-9,11-12H2,1-2H3,(H,21,24)(H,22,26)/t16-/m1/s1. The van der Waals surface area contributed by atoms with Crippen LogP contribution in [-0.2, 0) is 25.7 Å². The van der Waals surface area contributed by atoms with E-state index in [1.54, 1.807) is 17.0 Å². The number of amides is 2. The van der Waals surface area contributed by atoms with Gasteiger partial charge in [-0.2, -0.15) is 0 Å². The van der Waals surface area contributed by atoms with Gasteiger partial charge in [0.15, 0.2) is 0 Å². The lowest BCUT2D eigenvalue weighted by Gasteiger charge is -2.34. The van der Waals surface area contributed by atoms with Crippen LogP contribution in [0.2, 0.25) is 0 Å². The fraction of sp³-hybridized carbons (Fsp3) is 0.526. The number of hydrogen-bond donors (Lipinski definition) is 2. The summed E-state index contributed by atoms with van der Waals surface area (Å²) in [6.07, 6.45) is 0.626.